The summed E-state index contributed by atoms with van der Waals surface area (Å²) >= 11 is 0. The summed E-state index contributed by atoms with van der Waals surface area (Å²) in [5, 5.41) is 13.0. The molecule has 0 saturated carbocycles. The minimum absolute atomic E-state index is 0.0186. The maximum absolute atomic E-state index is 12.4. The summed E-state index contributed by atoms with van der Waals surface area (Å²) in [6.45, 7) is 1.66. The van der Waals surface area contributed by atoms with E-state index in [4.69, 9.17) is 9.94 Å². The molecule has 2 heterocycles. The molecule has 1 saturated heterocycles. The molecule has 0 aliphatic carbocycles. The van der Waals surface area contributed by atoms with Crippen molar-refractivity contribution in [2.45, 2.75) is 25.4 Å². The smallest absolute Gasteiger partial charge is 0.266 e. The summed E-state index contributed by atoms with van der Waals surface area (Å²) in [5.41, 5.74) is 1.84. The summed E-state index contributed by atoms with van der Waals surface area (Å²) in [6.07, 6.45) is 1.77. The van der Waals surface area contributed by atoms with Crippen LogP contribution in [0, 0.1) is 5.92 Å². The van der Waals surface area contributed by atoms with E-state index in [0.717, 1.165) is 37.2 Å². The van der Waals surface area contributed by atoms with Crippen molar-refractivity contribution in [3.05, 3.63) is 35.9 Å². The lowest BCUT2D eigenvalue weighted by Gasteiger charge is -2.19. The van der Waals surface area contributed by atoms with Crippen LogP contribution in [0.1, 0.15) is 24.8 Å². The van der Waals surface area contributed by atoms with Gasteiger partial charge in [0.2, 0.25) is 6.10 Å². The maximum atomic E-state index is 12.4. The molecular formula is C16H20N2O3. The van der Waals surface area contributed by atoms with Crippen LogP contribution in [-0.2, 0) is 9.63 Å². The second-order valence-corrected chi connectivity index (χ2v) is 5.65. The number of oxime groups is 1. The van der Waals surface area contributed by atoms with E-state index in [1.807, 2.05) is 35.2 Å². The highest BCUT2D eigenvalue weighted by atomic mass is 16.6. The Bertz CT molecular complexity index is 530. The Kier molecular flexibility index (Phi) is 4.20. The van der Waals surface area contributed by atoms with Gasteiger partial charge < -0.3 is 14.8 Å². The molecule has 0 spiro atoms. The number of nitrogens with zero attached hydrogens (tertiary/aromatic N) is 2. The first kappa shape index (κ1) is 14.1. The molecule has 3 rings (SSSR count). The van der Waals surface area contributed by atoms with E-state index in [2.05, 4.69) is 5.16 Å². The third kappa shape index (κ3) is 3.08. The molecule has 1 fully saturated rings. The van der Waals surface area contributed by atoms with Gasteiger partial charge in [-0.3, -0.25) is 4.79 Å². The normalized spacial score (nSPS) is 24.8. The van der Waals surface area contributed by atoms with Crippen LogP contribution in [-0.4, -0.2) is 47.4 Å². The number of amides is 1. The van der Waals surface area contributed by atoms with Gasteiger partial charge in [-0.25, -0.2) is 0 Å². The molecular weight excluding hydrogens is 268 g/mol. The zero-order valence-electron chi connectivity index (χ0n) is 11.9. The van der Waals surface area contributed by atoms with Gasteiger partial charge in [0, 0.05) is 26.1 Å². The monoisotopic (exact) mass is 288 g/mol. The van der Waals surface area contributed by atoms with Gasteiger partial charge in [-0.2, -0.15) is 0 Å². The van der Waals surface area contributed by atoms with Crippen LogP contribution in [0.2, 0.25) is 0 Å². The first-order chi connectivity index (χ1) is 10.3. The van der Waals surface area contributed by atoms with Gasteiger partial charge in [0.1, 0.15) is 0 Å². The van der Waals surface area contributed by atoms with Gasteiger partial charge >= 0.3 is 0 Å². The lowest BCUT2D eigenvalue weighted by Crippen LogP contribution is -2.37. The molecule has 5 nitrogen and oxygen atoms in total. The van der Waals surface area contributed by atoms with E-state index >= 15 is 0 Å². The average molecular weight is 288 g/mol. The molecule has 0 aromatic heterocycles. The fourth-order valence-electron chi connectivity index (χ4n) is 2.97. The van der Waals surface area contributed by atoms with E-state index < -0.39 is 6.10 Å². The fourth-order valence-corrected chi connectivity index (χ4v) is 2.97. The van der Waals surface area contributed by atoms with Crippen molar-refractivity contribution in [1.82, 2.24) is 4.90 Å². The third-order valence-corrected chi connectivity index (χ3v) is 4.19. The lowest BCUT2D eigenvalue weighted by atomic mass is 10.0. The number of aliphatic hydroxyl groups is 1. The third-order valence-electron chi connectivity index (χ3n) is 4.19. The molecule has 1 N–H and O–H groups in total. The Balaban J connectivity index is 1.57. The molecule has 5 heteroatoms. The summed E-state index contributed by atoms with van der Waals surface area (Å²) in [7, 11) is 0. The molecule has 2 unspecified atom stereocenters. The number of rotatable bonds is 4. The highest BCUT2D eigenvalue weighted by Gasteiger charge is 2.35. The lowest BCUT2D eigenvalue weighted by molar-refractivity contribution is -0.141. The number of hydrogen-bond acceptors (Lipinski definition) is 4. The van der Waals surface area contributed by atoms with Crippen LogP contribution in [0.5, 0.6) is 0 Å². The Morgan fingerprint density at radius 2 is 2.19 bits per heavy atom. The highest BCUT2D eigenvalue weighted by Crippen LogP contribution is 2.23. The van der Waals surface area contributed by atoms with Crippen molar-refractivity contribution >= 4 is 11.6 Å². The molecule has 2 atom stereocenters. The topological polar surface area (TPSA) is 62.1 Å². The molecule has 1 amide bonds. The summed E-state index contributed by atoms with van der Waals surface area (Å²) < 4.78 is 0. The second-order valence-electron chi connectivity index (χ2n) is 5.65. The highest BCUT2D eigenvalue weighted by molar-refractivity contribution is 6.04. The molecule has 2 aliphatic heterocycles. The Morgan fingerprint density at radius 3 is 2.95 bits per heavy atom. The van der Waals surface area contributed by atoms with Crippen molar-refractivity contribution < 1.29 is 14.7 Å². The molecule has 2 aliphatic rings. The summed E-state index contributed by atoms with van der Waals surface area (Å²) in [4.78, 5) is 19.6. The number of aliphatic hydroxyl groups excluding tert-OH is 1. The van der Waals surface area contributed by atoms with Crippen molar-refractivity contribution in [3.8, 4) is 0 Å². The molecule has 0 radical (unpaired) electrons. The molecule has 112 valence electrons. The SMILES string of the molecule is O=C(C1CC(c2ccccc2)=NO1)N1CCC(CCO)C1. The number of hydrogen-bond donors (Lipinski definition) is 1. The molecule has 1 aromatic carbocycles. The van der Waals surface area contributed by atoms with Crippen LogP contribution in [0.3, 0.4) is 0 Å². The summed E-state index contributed by atoms with van der Waals surface area (Å²) in [5.74, 6) is 0.431. The van der Waals surface area contributed by atoms with Gasteiger partial charge in [-0.05, 0) is 24.3 Å². The zero-order valence-corrected chi connectivity index (χ0v) is 11.9. The van der Waals surface area contributed by atoms with E-state index in [-0.39, 0.29) is 12.5 Å². The van der Waals surface area contributed by atoms with Crippen LogP contribution < -0.4 is 0 Å². The van der Waals surface area contributed by atoms with Gasteiger partial charge in [-0.15, -0.1) is 0 Å². The predicted octanol–water partition coefficient (Wildman–Crippen LogP) is 1.41. The number of carbonyl (C=O) groups excluding carboxylic acids is 1. The Hall–Kier alpha value is -1.88. The zero-order chi connectivity index (χ0) is 14.7. The Labute approximate surface area is 124 Å². The second kappa shape index (κ2) is 6.26. The van der Waals surface area contributed by atoms with Crippen LogP contribution in [0.15, 0.2) is 35.5 Å². The standard InChI is InChI=1S/C16H20N2O3/c19-9-7-12-6-8-18(11-12)16(20)15-10-14(17-21-15)13-4-2-1-3-5-13/h1-5,12,15,19H,6-11H2. The van der Waals surface area contributed by atoms with E-state index in [1.165, 1.54) is 0 Å². The van der Waals surface area contributed by atoms with E-state index in [9.17, 15) is 4.79 Å². The first-order valence-corrected chi connectivity index (χ1v) is 7.45. The van der Waals surface area contributed by atoms with Gasteiger partial charge in [0.05, 0.1) is 5.71 Å². The van der Waals surface area contributed by atoms with Crippen LogP contribution in [0.4, 0.5) is 0 Å². The summed E-state index contributed by atoms with van der Waals surface area (Å²) in [6, 6.07) is 9.80. The number of likely N-dealkylation sites (tertiary alicyclic amines) is 1. The minimum atomic E-state index is -0.493. The van der Waals surface area contributed by atoms with Crippen molar-refractivity contribution in [3.63, 3.8) is 0 Å². The molecule has 1 aromatic rings. The molecule has 21 heavy (non-hydrogen) atoms. The quantitative estimate of drug-likeness (QED) is 0.911. The largest absolute Gasteiger partial charge is 0.396 e. The van der Waals surface area contributed by atoms with Gasteiger partial charge in [0.25, 0.3) is 5.91 Å². The maximum Gasteiger partial charge on any atom is 0.266 e. The Morgan fingerprint density at radius 1 is 1.38 bits per heavy atom. The minimum Gasteiger partial charge on any atom is -0.396 e. The number of benzene rings is 1. The van der Waals surface area contributed by atoms with Crippen molar-refractivity contribution in [1.29, 1.82) is 0 Å². The van der Waals surface area contributed by atoms with Crippen molar-refractivity contribution in [2.75, 3.05) is 19.7 Å². The van der Waals surface area contributed by atoms with Gasteiger partial charge in [0.15, 0.2) is 0 Å². The fraction of sp³-hybridized carbons (Fsp3) is 0.500. The first-order valence-electron chi connectivity index (χ1n) is 7.45. The van der Waals surface area contributed by atoms with Gasteiger partial charge in [-0.1, -0.05) is 35.5 Å². The van der Waals surface area contributed by atoms with E-state index in [1.54, 1.807) is 0 Å². The van der Waals surface area contributed by atoms with E-state index in [0.29, 0.717) is 12.3 Å². The number of carbonyl (C=O) groups is 1. The molecule has 0 bridgehead atoms. The van der Waals surface area contributed by atoms with Crippen LogP contribution >= 0.6 is 0 Å². The predicted molar refractivity (Wildman–Crippen MR) is 78.9 cm³/mol. The average Bonchev–Trinajstić information content (AvgIpc) is 3.17. The van der Waals surface area contributed by atoms with Crippen LogP contribution in [0.25, 0.3) is 0 Å². The van der Waals surface area contributed by atoms with Crippen molar-refractivity contribution in [2.24, 2.45) is 11.1 Å².